The van der Waals surface area contributed by atoms with Crippen molar-refractivity contribution in [2.24, 2.45) is 5.92 Å². The average molecular weight is 908 g/mol. The topological polar surface area (TPSA) is 154 Å². The number of amides is 2. The summed E-state index contributed by atoms with van der Waals surface area (Å²) in [6, 6.07) is 17.1. The van der Waals surface area contributed by atoms with Gasteiger partial charge in [-0.2, -0.15) is 12.7 Å². The molecule has 5 aliphatic heterocycles. The molecule has 3 N–H and O–H groups in total. The van der Waals surface area contributed by atoms with Gasteiger partial charge in [0.1, 0.15) is 23.7 Å². The van der Waals surface area contributed by atoms with Crippen LogP contribution >= 0.6 is 0 Å². The zero-order chi connectivity index (χ0) is 45.1. The molecule has 0 bridgehead atoms. The number of piperidine rings is 1. The molecule has 338 valence electrons. The number of halogens is 3. The highest BCUT2D eigenvalue weighted by Gasteiger charge is 2.39. The molecule has 1 unspecified atom stereocenters. The summed E-state index contributed by atoms with van der Waals surface area (Å²) in [5.41, 5.74) is 4.77. The van der Waals surface area contributed by atoms with E-state index in [9.17, 15) is 27.2 Å². The van der Waals surface area contributed by atoms with Crippen molar-refractivity contribution >= 4 is 55.9 Å². The van der Waals surface area contributed by atoms with Gasteiger partial charge in [0.2, 0.25) is 11.7 Å². The predicted molar refractivity (Wildman–Crippen MR) is 241 cm³/mol. The number of nitrogens with zero attached hydrogens (tertiary/aromatic N) is 6. The first-order chi connectivity index (χ1) is 31.3. The average Bonchev–Trinajstić information content (AvgIpc) is 4.12. The fourth-order valence-electron chi connectivity index (χ4n) is 9.90. The maximum absolute atomic E-state index is 15.8. The Kier molecular flexibility index (Phi) is 11.1. The molecule has 14 nitrogen and oxygen atoms in total. The third-order valence-corrected chi connectivity index (χ3v) is 15.0. The van der Waals surface area contributed by atoms with Crippen LogP contribution in [0.15, 0.2) is 85.3 Å². The smallest absolute Gasteiger partial charge is 0.301 e. The van der Waals surface area contributed by atoms with E-state index in [0.717, 1.165) is 91.2 Å². The lowest BCUT2D eigenvalue weighted by Gasteiger charge is -2.37. The van der Waals surface area contributed by atoms with Crippen LogP contribution < -0.4 is 19.8 Å². The summed E-state index contributed by atoms with van der Waals surface area (Å²) in [5.74, 6) is -3.29. The van der Waals surface area contributed by atoms with Gasteiger partial charge in [-0.3, -0.25) is 24.0 Å². The van der Waals surface area contributed by atoms with Crippen LogP contribution in [-0.2, 0) is 21.5 Å². The summed E-state index contributed by atoms with van der Waals surface area (Å²) < 4.78 is 73.1. The van der Waals surface area contributed by atoms with Gasteiger partial charge in [0.25, 0.3) is 5.91 Å². The normalized spacial score (nSPS) is 22.0. The van der Waals surface area contributed by atoms with Crippen LogP contribution in [0.2, 0.25) is 0 Å². The van der Waals surface area contributed by atoms with Crippen LogP contribution in [0.3, 0.4) is 0 Å². The first-order valence-corrected chi connectivity index (χ1v) is 23.4. The minimum absolute atomic E-state index is 0.00566. The van der Waals surface area contributed by atoms with Crippen molar-refractivity contribution in [3.05, 3.63) is 119 Å². The number of fused-ring (bicyclic) bond motifs is 2. The van der Waals surface area contributed by atoms with Crippen molar-refractivity contribution in [2.45, 2.75) is 44.4 Å². The van der Waals surface area contributed by atoms with Crippen molar-refractivity contribution in [2.75, 3.05) is 73.4 Å². The van der Waals surface area contributed by atoms with Crippen LogP contribution in [0, 0.1) is 17.6 Å². The van der Waals surface area contributed by atoms with E-state index < -0.39 is 51.1 Å². The quantitative estimate of drug-likeness (QED) is 0.139. The van der Waals surface area contributed by atoms with Gasteiger partial charge >= 0.3 is 10.2 Å². The number of H-pyrrole nitrogens is 1. The van der Waals surface area contributed by atoms with Gasteiger partial charge in [0.05, 0.1) is 11.3 Å². The highest BCUT2D eigenvalue weighted by atomic mass is 32.2. The second-order valence-corrected chi connectivity index (χ2v) is 19.3. The number of aromatic amines is 1. The number of rotatable bonds is 11. The maximum Gasteiger partial charge on any atom is 0.301 e. The van der Waals surface area contributed by atoms with E-state index >= 15 is 8.78 Å². The van der Waals surface area contributed by atoms with Crippen LogP contribution in [0.1, 0.15) is 57.5 Å². The highest BCUT2D eigenvalue weighted by Crippen LogP contribution is 2.34. The molecule has 3 atom stereocenters. The summed E-state index contributed by atoms with van der Waals surface area (Å²) in [5, 5.41) is 3.14. The molecule has 4 fully saturated rings. The summed E-state index contributed by atoms with van der Waals surface area (Å²) in [6.45, 7) is 10.3. The number of ketones is 1. The number of carbonyl (C=O) groups is 3. The van der Waals surface area contributed by atoms with E-state index in [0.29, 0.717) is 53.2 Å². The Morgan fingerprint density at radius 1 is 0.877 bits per heavy atom. The minimum atomic E-state index is -4.35. The Bertz CT molecular complexity index is 2850. The first kappa shape index (κ1) is 42.7. The number of alkyl halides is 1. The number of hydrogen-bond acceptors (Lipinski definition) is 9. The lowest BCUT2D eigenvalue weighted by atomic mass is 9.99. The summed E-state index contributed by atoms with van der Waals surface area (Å²) in [4.78, 5) is 56.0. The number of nitrogens with one attached hydrogen (secondary N) is 3. The lowest BCUT2D eigenvalue weighted by Crippen LogP contribution is -2.49. The molecule has 18 heteroatoms. The van der Waals surface area contributed by atoms with Gasteiger partial charge in [0.15, 0.2) is 5.82 Å². The Balaban J connectivity index is 0.748. The summed E-state index contributed by atoms with van der Waals surface area (Å²) in [7, 11) is -4.35. The molecule has 0 spiro atoms. The van der Waals surface area contributed by atoms with Gasteiger partial charge in [-0.05, 0) is 91.3 Å². The third-order valence-electron chi connectivity index (χ3n) is 13.5. The molecule has 0 aliphatic carbocycles. The van der Waals surface area contributed by atoms with E-state index in [1.807, 2.05) is 29.0 Å². The number of benzene rings is 3. The Labute approximate surface area is 374 Å². The van der Waals surface area contributed by atoms with Crippen molar-refractivity contribution in [1.82, 2.24) is 29.4 Å². The molecule has 5 aromatic rings. The second kappa shape index (κ2) is 17.0. The number of hydrogen-bond donors (Lipinski definition) is 3. The number of aromatic nitrogens is 2. The number of anilines is 3. The van der Waals surface area contributed by atoms with Crippen LogP contribution in [0.4, 0.5) is 30.2 Å². The SMILES string of the molecule is C=C1CCC(N2Cc3cc(N4CCN(C[C@H]5CCN(c6ccc(-c7cnc8[nH]cc(C(=O)c9c(F)ccc(NS(=O)(=O)N%10CC[C@@H](F)C%10)c9F)c8c7)cc6)C5)CC4)ccc3C2=O)C(=O)N1. The Hall–Kier alpha value is -6.24. The fourth-order valence-corrected chi connectivity index (χ4v) is 11.2. The number of allylic oxidation sites excluding steroid dienone is 1. The van der Waals surface area contributed by atoms with E-state index in [-0.39, 0.29) is 36.9 Å². The van der Waals surface area contributed by atoms with Crippen molar-refractivity contribution < 1.29 is 36.0 Å². The van der Waals surface area contributed by atoms with Gasteiger partial charge in [0, 0.05) is 117 Å². The van der Waals surface area contributed by atoms with Gasteiger partial charge in [-0.25, -0.2) is 18.2 Å². The maximum atomic E-state index is 15.8. The molecule has 2 amide bonds. The molecule has 0 saturated carbocycles. The molecule has 3 aromatic carbocycles. The van der Waals surface area contributed by atoms with E-state index in [2.05, 4.69) is 54.8 Å². The van der Waals surface area contributed by atoms with Gasteiger partial charge in [-0.15, -0.1) is 0 Å². The number of piperazine rings is 1. The zero-order valence-electron chi connectivity index (χ0n) is 35.5. The third kappa shape index (κ3) is 8.23. The second-order valence-electron chi connectivity index (χ2n) is 17.6. The molecule has 0 radical (unpaired) electrons. The van der Waals surface area contributed by atoms with Crippen LogP contribution in [0.25, 0.3) is 22.2 Å². The van der Waals surface area contributed by atoms with Gasteiger partial charge < -0.3 is 25.0 Å². The first-order valence-electron chi connectivity index (χ1n) is 22.0. The van der Waals surface area contributed by atoms with Crippen molar-refractivity contribution in [1.29, 1.82) is 0 Å². The summed E-state index contributed by atoms with van der Waals surface area (Å²) >= 11 is 0. The standard InChI is InChI=1S/C47H48F3N9O5S/c1-28-2-11-41(46(61)53-28)59-26-32-20-35(7-8-36(32)47(59)62)56-18-16-55(17-19-56)24-29-12-14-57(25-29)34-5-3-30(4-6-34)31-21-37-38(23-52-45(37)51-22-31)44(60)42-39(49)9-10-40(43(42)50)54-65(63,64)58-15-13-33(48)27-58/h3-10,20-23,29,33,41,54H,1-2,11-19,24-27H2,(H,51,52)(H,53,61)/t29-,33-,41?/m1/s1. The molecule has 10 rings (SSSR count). The highest BCUT2D eigenvalue weighted by molar-refractivity contribution is 7.90. The van der Waals surface area contributed by atoms with Crippen LogP contribution in [0.5, 0.6) is 0 Å². The largest absolute Gasteiger partial charge is 0.371 e. The Morgan fingerprint density at radius 3 is 2.42 bits per heavy atom. The van der Waals surface area contributed by atoms with Crippen molar-refractivity contribution in [3.63, 3.8) is 0 Å². The zero-order valence-corrected chi connectivity index (χ0v) is 36.4. The lowest BCUT2D eigenvalue weighted by molar-refractivity contribution is -0.126. The molecule has 4 saturated heterocycles. The van der Waals surface area contributed by atoms with Crippen LogP contribution in [-0.4, -0.2) is 121 Å². The summed E-state index contributed by atoms with van der Waals surface area (Å²) in [6.07, 6.45) is 3.96. The van der Waals surface area contributed by atoms with Gasteiger partial charge in [-0.1, -0.05) is 18.7 Å². The molecule has 65 heavy (non-hydrogen) atoms. The van der Waals surface area contributed by atoms with E-state index in [1.54, 1.807) is 17.2 Å². The number of carbonyl (C=O) groups excluding carboxylic acids is 3. The van der Waals surface area contributed by atoms with Crippen molar-refractivity contribution in [3.8, 4) is 11.1 Å². The molecular weight excluding hydrogens is 860 g/mol. The van der Waals surface area contributed by atoms with E-state index in [1.165, 1.54) is 6.20 Å². The molecule has 2 aromatic heterocycles. The fraction of sp³-hybridized carbons (Fsp3) is 0.362. The molecular formula is C47H48F3N9O5S. The Morgan fingerprint density at radius 2 is 1.66 bits per heavy atom. The number of pyridine rings is 1. The van der Waals surface area contributed by atoms with E-state index in [4.69, 9.17) is 0 Å². The molecule has 7 heterocycles. The predicted octanol–water partition coefficient (Wildman–Crippen LogP) is 5.84. The minimum Gasteiger partial charge on any atom is -0.371 e. The molecule has 5 aliphatic rings. The monoisotopic (exact) mass is 907 g/mol.